The minimum absolute atomic E-state index is 0.108. The highest BCUT2D eigenvalue weighted by molar-refractivity contribution is 5.51. The van der Waals surface area contributed by atoms with Crippen LogP contribution in [0.5, 0.6) is 0 Å². The van der Waals surface area contributed by atoms with Crippen molar-refractivity contribution in [3.8, 4) is 5.69 Å². The van der Waals surface area contributed by atoms with Crippen LogP contribution in [-0.2, 0) is 0 Å². The van der Waals surface area contributed by atoms with E-state index in [0.717, 1.165) is 17.9 Å². The molecule has 96 valence electrons. The van der Waals surface area contributed by atoms with Gasteiger partial charge in [-0.05, 0) is 30.3 Å². The number of nitrogens with one attached hydrogen (secondary N) is 1. The van der Waals surface area contributed by atoms with Gasteiger partial charge in [-0.2, -0.15) is 0 Å². The fourth-order valence-corrected chi connectivity index (χ4v) is 1.68. The Kier molecular flexibility index (Phi) is 3.72. The summed E-state index contributed by atoms with van der Waals surface area (Å²) in [5.41, 5.74) is 2.10. The number of benzene rings is 1. The van der Waals surface area contributed by atoms with Crippen molar-refractivity contribution in [2.24, 2.45) is 5.41 Å². The third kappa shape index (κ3) is 3.14. The first kappa shape index (κ1) is 12.7. The fourth-order valence-electron chi connectivity index (χ4n) is 1.68. The zero-order valence-corrected chi connectivity index (χ0v) is 10.9. The lowest BCUT2D eigenvalue weighted by molar-refractivity contribution is 0.171. The lowest BCUT2D eigenvalue weighted by Crippen LogP contribution is -2.26. The molecular weight excluding hydrogens is 224 g/mol. The first-order chi connectivity index (χ1) is 8.61. The van der Waals surface area contributed by atoms with Gasteiger partial charge in [0.05, 0.1) is 0 Å². The van der Waals surface area contributed by atoms with Crippen LogP contribution in [-0.4, -0.2) is 22.8 Å². The molecule has 0 fully saturated rings. The topological polar surface area (TPSA) is 37.2 Å². The van der Waals surface area contributed by atoms with E-state index in [1.807, 2.05) is 50.5 Å². The van der Waals surface area contributed by atoms with Gasteiger partial charge in [0.1, 0.15) is 0 Å². The van der Waals surface area contributed by atoms with Crippen molar-refractivity contribution in [3.63, 3.8) is 0 Å². The highest BCUT2D eigenvalue weighted by Crippen LogP contribution is 2.18. The molecule has 1 aromatic heterocycles. The summed E-state index contributed by atoms with van der Waals surface area (Å²) >= 11 is 0. The molecule has 0 aliphatic heterocycles. The van der Waals surface area contributed by atoms with Crippen LogP contribution in [0.2, 0.25) is 0 Å². The van der Waals surface area contributed by atoms with Gasteiger partial charge >= 0.3 is 0 Å². The molecule has 3 heteroatoms. The number of hydrogen-bond donors (Lipinski definition) is 2. The Morgan fingerprint density at radius 1 is 1.17 bits per heavy atom. The Balaban J connectivity index is 2.09. The third-order valence-corrected chi connectivity index (χ3v) is 2.95. The van der Waals surface area contributed by atoms with E-state index in [0.29, 0.717) is 0 Å². The SMILES string of the molecule is CC(C)(CO)CNc1cccc(-n2cccc2)c1. The van der Waals surface area contributed by atoms with Gasteiger partial charge in [0.2, 0.25) is 0 Å². The van der Waals surface area contributed by atoms with Gasteiger partial charge in [-0.3, -0.25) is 0 Å². The second-order valence-electron chi connectivity index (χ2n) is 5.32. The van der Waals surface area contributed by atoms with E-state index in [2.05, 4.69) is 22.0 Å². The van der Waals surface area contributed by atoms with E-state index in [4.69, 9.17) is 0 Å². The quantitative estimate of drug-likeness (QED) is 0.848. The summed E-state index contributed by atoms with van der Waals surface area (Å²) in [6.45, 7) is 5.00. The van der Waals surface area contributed by atoms with E-state index < -0.39 is 0 Å². The van der Waals surface area contributed by atoms with E-state index in [1.165, 1.54) is 0 Å². The molecule has 2 aromatic rings. The summed E-state index contributed by atoms with van der Waals surface area (Å²) in [6, 6.07) is 12.3. The van der Waals surface area contributed by atoms with Crippen LogP contribution in [0.15, 0.2) is 48.8 Å². The number of hydrogen-bond acceptors (Lipinski definition) is 2. The minimum atomic E-state index is -0.108. The van der Waals surface area contributed by atoms with Crippen molar-refractivity contribution in [1.29, 1.82) is 0 Å². The van der Waals surface area contributed by atoms with Gasteiger partial charge in [0.25, 0.3) is 0 Å². The van der Waals surface area contributed by atoms with E-state index >= 15 is 0 Å². The van der Waals surface area contributed by atoms with Crippen LogP contribution in [0.25, 0.3) is 5.69 Å². The van der Waals surface area contributed by atoms with E-state index in [1.54, 1.807) is 0 Å². The van der Waals surface area contributed by atoms with Crippen LogP contribution in [0.1, 0.15) is 13.8 Å². The molecule has 0 saturated heterocycles. The van der Waals surface area contributed by atoms with Crippen LogP contribution >= 0.6 is 0 Å². The van der Waals surface area contributed by atoms with Gasteiger partial charge in [-0.15, -0.1) is 0 Å². The Hall–Kier alpha value is -1.74. The number of aliphatic hydroxyl groups is 1. The maximum atomic E-state index is 9.23. The highest BCUT2D eigenvalue weighted by Gasteiger charge is 2.15. The predicted octanol–water partition coefficient (Wildman–Crippen LogP) is 2.91. The van der Waals surface area contributed by atoms with Crippen molar-refractivity contribution < 1.29 is 5.11 Å². The Labute approximate surface area is 108 Å². The standard InChI is InChI=1S/C15H20N2O/c1-15(2,12-18)11-16-13-6-5-7-14(10-13)17-8-3-4-9-17/h3-10,16,18H,11-12H2,1-2H3. The lowest BCUT2D eigenvalue weighted by Gasteiger charge is -2.22. The van der Waals surface area contributed by atoms with Crippen molar-refractivity contribution in [1.82, 2.24) is 4.57 Å². The Morgan fingerprint density at radius 3 is 2.56 bits per heavy atom. The maximum Gasteiger partial charge on any atom is 0.0498 e. The third-order valence-electron chi connectivity index (χ3n) is 2.95. The average Bonchev–Trinajstić information content (AvgIpc) is 2.91. The van der Waals surface area contributed by atoms with Gasteiger partial charge < -0.3 is 15.0 Å². The number of nitrogens with zero attached hydrogens (tertiary/aromatic N) is 1. The predicted molar refractivity (Wildman–Crippen MR) is 75.1 cm³/mol. The number of aliphatic hydroxyl groups excluding tert-OH is 1. The molecule has 18 heavy (non-hydrogen) atoms. The summed E-state index contributed by atoms with van der Waals surface area (Å²) in [6.07, 6.45) is 4.05. The highest BCUT2D eigenvalue weighted by atomic mass is 16.3. The van der Waals surface area contributed by atoms with Crippen molar-refractivity contribution in [3.05, 3.63) is 48.8 Å². The van der Waals surface area contributed by atoms with Crippen molar-refractivity contribution >= 4 is 5.69 Å². The molecule has 2 rings (SSSR count). The van der Waals surface area contributed by atoms with Crippen molar-refractivity contribution in [2.75, 3.05) is 18.5 Å². The van der Waals surface area contributed by atoms with Gasteiger partial charge in [0.15, 0.2) is 0 Å². The van der Waals surface area contributed by atoms with Crippen LogP contribution in [0.3, 0.4) is 0 Å². The second-order valence-corrected chi connectivity index (χ2v) is 5.32. The van der Waals surface area contributed by atoms with Crippen molar-refractivity contribution in [2.45, 2.75) is 13.8 Å². The first-order valence-electron chi connectivity index (χ1n) is 6.19. The first-order valence-corrected chi connectivity index (χ1v) is 6.19. The van der Waals surface area contributed by atoms with Crippen LogP contribution in [0, 0.1) is 5.41 Å². The Morgan fingerprint density at radius 2 is 1.89 bits per heavy atom. The summed E-state index contributed by atoms with van der Waals surface area (Å²) < 4.78 is 2.07. The lowest BCUT2D eigenvalue weighted by atomic mass is 9.95. The maximum absolute atomic E-state index is 9.23. The molecule has 3 nitrogen and oxygen atoms in total. The van der Waals surface area contributed by atoms with Crippen LogP contribution in [0.4, 0.5) is 5.69 Å². The number of anilines is 1. The molecule has 0 bridgehead atoms. The molecule has 0 radical (unpaired) electrons. The molecule has 0 saturated carbocycles. The van der Waals surface area contributed by atoms with Gasteiger partial charge in [0, 0.05) is 42.3 Å². The summed E-state index contributed by atoms with van der Waals surface area (Å²) in [7, 11) is 0. The molecule has 0 aliphatic rings. The zero-order valence-electron chi connectivity index (χ0n) is 10.9. The molecule has 1 heterocycles. The minimum Gasteiger partial charge on any atom is -0.396 e. The normalized spacial score (nSPS) is 11.5. The van der Waals surface area contributed by atoms with Gasteiger partial charge in [-0.25, -0.2) is 0 Å². The Bertz CT molecular complexity index is 489. The molecule has 1 aromatic carbocycles. The summed E-state index contributed by atoms with van der Waals surface area (Å²) in [5.74, 6) is 0. The zero-order chi connectivity index (χ0) is 13.0. The van der Waals surface area contributed by atoms with E-state index in [-0.39, 0.29) is 12.0 Å². The number of aromatic nitrogens is 1. The monoisotopic (exact) mass is 244 g/mol. The molecule has 0 spiro atoms. The average molecular weight is 244 g/mol. The molecule has 0 aliphatic carbocycles. The molecule has 0 amide bonds. The fraction of sp³-hybridized carbons (Fsp3) is 0.333. The molecule has 0 unspecified atom stereocenters. The molecule has 2 N–H and O–H groups in total. The summed E-state index contributed by atoms with van der Waals surface area (Å²) in [5, 5.41) is 12.6. The summed E-state index contributed by atoms with van der Waals surface area (Å²) in [4.78, 5) is 0. The largest absolute Gasteiger partial charge is 0.396 e. The smallest absolute Gasteiger partial charge is 0.0498 e. The molecular formula is C15H20N2O. The number of rotatable bonds is 5. The second kappa shape index (κ2) is 5.27. The van der Waals surface area contributed by atoms with Crippen LogP contribution < -0.4 is 5.32 Å². The van der Waals surface area contributed by atoms with E-state index in [9.17, 15) is 5.11 Å². The van der Waals surface area contributed by atoms with Gasteiger partial charge in [-0.1, -0.05) is 19.9 Å². The molecule has 0 atom stereocenters.